The summed E-state index contributed by atoms with van der Waals surface area (Å²) in [4.78, 5) is 24.8. The van der Waals surface area contributed by atoms with Gasteiger partial charge in [0.1, 0.15) is 17.5 Å². The summed E-state index contributed by atoms with van der Waals surface area (Å²) >= 11 is 7.36. The van der Waals surface area contributed by atoms with E-state index in [-0.39, 0.29) is 17.2 Å². The number of alkyl halides is 1. The van der Waals surface area contributed by atoms with Gasteiger partial charge in [0, 0.05) is 5.88 Å². The molecular weight excluding hydrogens is 252 g/mol. The number of hydrogen-bond acceptors (Lipinski definition) is 5. The summed E-state index contributed by atoms with van der Waals surface area (Å²) in [5.74, 6) is -0.370. The van der Waals surface area contributed by atoms with Crippen LogP contribution < -0.4 is 5.73 Å². The van der Waals surface area contributed by atoms with Crippen LogP contribution in [0, 0.1) is 0 Å². The van der Waals surface area contributed by atoms with Crippen LogP contribution in [0.2, 0.25) is 0 Å². The molecule has 0 bridgehead atoms. The molecule has 0 saturated carbocycles. The number of ether oxygens (including phenoxy) is 1. The van der Waals surface area contributed by atoms with Crippen LogP contribution >= 0.6 is 23.4 Å². The van der Waals surface area contributed by atoms with E-state index in [0.29, 0.717) is 0 Å². The second kappa shape index (κ2) is 3.78. The number of halogens is 1. The highest BCUT2D eigenvalue weighted by Crippen LogP contribution is 2.51. The van der Waals surface area contributed by atoms with Gasteiger partial charge in [-0.1, -0.05) is 0 Å². The van der Waals surface area contributed by atoms with E-state index in [1.54, 1.807) is 0 Å². The molecule has 2 saturated heterocycles. The molecule has 2 rings (SSSR count). The van der Waals surface area contributed by atoms with E-state index in [1.165, 1.54) is 23.8 Å². The zero-order valence-corrected chi connectivity index (χ0v) is 10.5. The number of methoxy groups -OCH3 is 1. The maximum atomic E-state index is 11.7. The van der Waals surface area contributed by atoms with Crippen LogP contribution in [-0.4, -0.2) is 52.0 Å². The molecule has 0 radical (unpaired) electrons. The van der Waals surface area contributed by atoms with Gasteiger partial charge in [0.05, 0.1) is 11.9 Å². The molecule has 16 heavy (non-hydrogen) atoms. The molecular formula is C9H13ClN2O3S. The lowest BCUT2D eigenvalue weighted by molar-refractivity contribution is -0.160. The lowest BCUT2D eigenvalue weighted by atomic mass is 9.96. The van der Waals surface area contributed by atoms with E-state index in [1.807, 2.05) is 6.92 Å². The molecule has 0 spiro atoms. The average Bonchev–Trinajstić information content (AvgIpc) is 2.59. The third kappa shape index (κ3) is 1.36. The summed E-state index contributed by atoms with van der Waals surface area (Å²) in [5, 5.41) is -0.152. The van der Waals surface area contributed by atoms with Crippen molar-refractivity contribution in [2.24, 2.45) is 5.73 Å². The predicted octanol–water partition coefficient (Wildman–Crippen LogP) is -0.232. The number of β-lactam (4-membered cyclic amide) rings is 1. The van der Waals surface area contributed by atoms with Crippen LogP contribution in [0.4, 0.5) is 0 Å². The maximum Gasteiger partial charge on any atom is 0.330 e. The molecule has 2 aliphatic rings. The van der Waals surface area contributed by atoms with Gasteiger partial charge in [0.2, 0.25) is 5.91 Å². The zero-order valence-electron chi connectivity index (χ0n) is 8.97. The number of esters is 1. The summed E-state index contributed by atoms with van der Waals surface area (Å²) in [6, 6.07) is -1.15. The van der Waals surface area contributed by atoms with Gasteiger partial charge in [-0.05, 0) is 6.92 Å². The number of nitrogens with zero attached hydrogens (tertiary/aromatic N) is 1. The van der Waals surface area contributed by atoms with Crippen molar-refractivity contribution in [2.45, 2.75) is 29.1 Å². The van der Waals surface area contributed by atoms with Crippen molar-refractivity contribution in [1.29, 1.82) is 0 Å². The Morgan fingerprint density at radius 1 is 1.75 bits per heavy atom. The largest absolute Gasteiger partial charge is 0.467 e. The predicted molar refractivity (Wildman–Crippen MR) is 61.1 cm³/mol. The highest BCUT2D eigenvalue weighted by atomic mass is 35.5. The van der Waals surface area contributed by atoms with E-state index in [2.05, 4.69) is 0 Å². The van der Waals surface area contributed by atoms with Crippen LogP contribution in [0.15, 0.2) is 0 Å². The lowest BCUT2D eigenvalue weighted by Crippen LogP contribution is -2.69. The van der Waals surface area contributed by atoms with E-state index < -0.39 is 22.8 Å². The standard InChI is InChI=1S/C9H13ClN2O3S/c1-9(3-10)5(8(14)15-2)12-6(13)4(11)7(12)16-9/h4-5,7H,3,11H2,1-2H3/t4-,5+,7-,9+/m1/s1. The van der Waals surface area contributed by atoms with Gasteiger partial charge in [-0.2, -0.15) is 0 Å². The number of nitrogens with two attached hydrogens (primary N) is 1. The van der Waals surface area contributed by atoms with Crippen molar-refractivity contribution in [2.75, 3.05) is 13.0 Å². The summed E-state index contributed by atoms with van der Waals surface area (Å²) < 4.78 is 4.20. The Bertz CT molecular complexity index is 354. The van der Waals surface area contributed by atoms with Crippen molar-refractivity contribution < 1.29 is 14.3 Å². The Hall–Kier alpha value is -0.460. The molecule has 2 fully saturated rings. The number of fused-ring (bicyclic) bond motifs is 1. The van der Waals surface area contributed by atoms with Gasteiger partial charge in [0.25, 0.3) is 0 Å². The highest BCUT2D eigenvalue weighted by Gasteiger charge is 2.64. The first-order valence-corrected chi connectivity index (χ1v) is 6.27. The molecule has 1 amide bonds. The number of amides is 1. The van der Waals surface area contributed by atoms with Crippen molar-refractivity contribution in [3.8, 4) is 0 Å². The smallest absolute Gasteiger partial charge is 0.330 e. The Labute approximate surface area is 103 Å². The normalized spacial score (nSPS) is 41.6. The van der Waals surface area contributed by atoms with Gasteiger partial charge in [-0.15, -0.1) is 23.4 Å². The van der Waals surface area contributed by atoms with E-state index >= 15 is 0 Å². The van der Waals surface area contributed by atoms with Crippen LogP contribution in [-0.2, 0) is 14.3 Å². The first-order chi connectivity index (χ1) is 7.46. The van der Waals surface area contributed by atoms with E-state index in [0.717, 1.165) is 0 Å². The molecule has 4 atom stereocenters. The molecule has 0 aromatic carbocycles. The van der Waals surface area contributed by atoms with Crippen LogP contribution in [0.25, 0.3) is 0 Å². The monoisotopic (exact) mass is 264 g/mol. The minimum atomic E-state index is -0.628. The third-order valence-corrected chi connectivity index (χ3v) is 5.44. The number of carbonyl (C=O) groups is 2. The van der Waals surface area contributed by atoms with Gasteiger partial charge in [0.15, 0.2) is 0 Å². The van der Waals surface area contributed by atoms with Crippen molar-refractivity contribution in [3.05, 3.63) is 0 Å². The van der Waals surface area contributed by atoms with Gasteiger partial charge in [-0.25, -0.2) is 4.79 Å². The summed E-state index contributed by atoms with van der Waals surface area (Å²) in [6.07, 6.45) is 0. The molecule has 2 aliphatic heterocycles. The summed E-state index contributed by atoms with van der Waals surface area (Å²) in [7, 11) is 1.30. The first kappa shape index (κ1) is 12.0. The highest BCUT2D eigenvalue weighted by molar-refractivity contribution is 8.01. The fraction of sp³-hybridized carbons (Fsp3) is 0.778. The average molecular weight is 265 g/mol. The third-order valence-electron chi connectivity index (χ3n) is 3.06. The van der Waals surface area contributed by atoms with Gasteiger partial charge < -0.3 is 15.4 Å². The Balaban J connectivity index is 2.31. The van der Waals surface area contributed by atoms with Crippen molar-refractivity contribution >= 4 is 35.2 Å². The summed E-state index contributed by atoms with van der Waals surface area (Å²) in [5.41, 5.74) is 5.68. The fourth-order valence-corrected chi connectivity index (χ4v) is 4.02. The lowest BCUT2D eigenvalue weighted by Gasteiger charge is -2.41. The van der Waals surface area contributed by atoms with E-state index in [4.69, 9.17) is 22.1 Å². The fourth-order valence-electron chi connectivity index (χ4n) is 2.13. The number of hydrogen-bond donors (Lipinski definition) is 1. The first-order valence-electron chi connectivity index (χ1n) is 4.85. The molecule has 2 heterocycles. The maximum absolute atomic E-state index is 11.7. The molecule has 0 aromatic rings. The second-order valence-electron chi connectivity index (χ2n) is 4.15. The Morgan fingerprint density at radius 3 is 2.88 bits per heavy atom. The Kier molecular flexibility index (Phi) is 2.84. The van der Waals surface area contributed by atoms with Crippen LogP contribution in [0.5, 0.6) is 0 Å². The molecule has 5 nitrogen and oxygen atoms in total. The topological polar surface area (TPSA) is 72.6 Å². The van der Waals surface area contributed by atoms with Gasteiger partial charge in [-0.3, -0.25) is 4.79 Å². The van der Waals surface area contributed by atoms with Crippen LogP contribution in [0.3, 0.4) is 0 Å². The molecule has 0 aromatic heterocycles. The zero-order chi connectivity index (χ0) is 12.1. The number of carbonyl (C=O) groups excluding carboxylic acids is 2. The minimum absolute atomic E-state index is 0.152. The second-order valence-corrected chi connectivity index (χ2v) is 6.07. The quantitative estimate of drug-likeness (QED) is 0.424. The minimum Gasteiger partial charge on any atom is -0.467 e. The van der Waals surface area contributed by atoms with Crippen LogP contribution in [0.1, 0.15) is 6.92 Å². The molecule has 0 unspecified atom stereocenters. The van der Waals surface area contributed by atoms with E-state index in [9.17, 15) is 9.59 Å². The van der Waals surface area contributed by atoms with Gasteiger partial charge >= 0.3 is 5.97 Å². The molecule has 90 valence electrons. The number of rotatable bonds is 2. The van der Waals surface area contributed by atoms with Crippen molar-refractivity contribution in [3.63, 3.8) is 0 Å². The molecule has 2 N–H and O–H groups in total. The molecule has 7 heteroatoms. The van der Waals surface area contributed by atoms with Crippen molar-refractivity contribution in [1.82, 2.24) is 4.90 Å². The molecule has 0 aliphatic carbocycles. The SMILES string of the molecule is COC(=O)[C@@H]1N2C(=O)[C@@H](N)[C@H]2S[C@@]1(C)CCl. The summed E-state index contributed by atoms with van der Waals surface area (Å²) in [6.45, 7) is 1.85. The number of thioether (sulfide) groups is 1. The Morgan fingerprint density at radius 2 is 2.38 bits per heavy atom.